The van der Waals surface area contributed by atoms with Crippen molar-refractivity contribution in [1.29, 1.82) is 0 Å². The maximum atomic E-state index is 13.2. The molecule has 0 spiro atoms. The minimum absolute atomic E-state index is 0.133. The van der Waals surface area contributed by atoms with E-state index in [-0.39, 0.29) is 18.9 Å². The van der Waals surface area contributed by atoms with Gasteiger partial charge >= 0.3 is 5.97 Å². The summed E-state index contributed by atoms with van der Waals surface area (Å²) in [6, 6.07) is 3.52. The zero-order valence-electron chi connectivity index (χ0n) is 10.1. The van der Waals surface area contributed by atoms with E-state index in [9.17, 15) is 18.0 Å². The molecular weight excluding hydrogens is 259 g/mol. The fraction of sp³-hybridized carbons (Fsp3) is 0.462. The molecule has 1 fully saturated rings. The lowest BCUT2D eigenvalue weighted by atomic mass is 9.92. The number of nitrogens with one attached hydrogen (secondary N) is 1. The first-order valence-electron chi connectivity index (χ1n) is 6.04. The number of hydrogen-bond acceptors (Lipinski definition) is 2. The quantitative estimate of drug-likeness (QED) is 0.886. The number of anilines is 1. The first kappa shape index (κ1) is 13.7. The largest absolute Gasteiger partial charge is 0.478 e. The predicted molar refractivity (Wildman–Crippen MR) is 64.2 cm³/mol. The normalized spacial score (nSPS) is 19.1. The monoisotopic (exact) mass is 273 g/mol. The molecule has 104 valence electrons. The molecule has 0 bridgehead atoms. The summed E-state index contributed by atoms with van der Waals surface area (Å²) < 4.78 is 39.2. The number of rotatable bonds is 3. The minimum atomic E-state index is -2.60. The molecule has 1 aromatic carbocycles. The number of hydrogen-bond donors (Lipinski definition) is 2. The van der Waals surface area contributed by atoms with Gasteiger partial charge in [-0.3, -0.25) is 0 Å². The van der Waals surface area contributed by atoms with Crippen molar-refractivity contribution in [1.82, 2.24) is 0 Å². The predicted octanol–water partition coefficient (Wildman–Crippen LogP) is 3.51. The zero-order valence-corrected chi connectivity index (χ0v) is 10.1. The van der Waals surface area contributed by atoms with Crippen molar-refractivity contribution < 1.29 is 23.1 Å². The van der Waals surface area contributed by atoms with Crippen LogP contribution in [0.25, 0.3) is 0 Å². The highest BCUT2D eigenvalue weighted by atomic mass is 19.3. The van der Waals surface area contributed by atoms with Crippen molar-refractivity contribution >= 4 is 11.7 Å². The van der Waals surface area contributed by atoms with Crippen LogP contribution < -0.4 is 5.32 Å². The molecule has 0 aliphatic heterocycles. The molecule has 0 unspecified atom stereocenters. The van der Waals surface area contributed by atoms with Crippen molar-refractivity contribution in [2.45, 2.75) is 37.6 Å². The Kier molecular flexibility index (Phi) is 3.68. The highest BCUT2D eigenvalue weighted by Gasteiger charge is 2.34. The summed E-state index contributed by atoms with van der Waals surface area (Å²) in [7, 11) is 0. The number of aromatic carboxylic acids is 1. The highest BCUT2D eigenvalue weighted by Crippen LogP contribution is 2.34. The van der Waals surface area contributed by atoms with E-state index in [4.69, 9.17) is 5.11 Å². The van der Waals surface area contributed by atoms with Crippen molar-refractivity contribution in [3.63, 3.8) is 0 Å². The summed E-state index contributed by atoms with van der Waals surface area (Å²) in [6.07, 6.45) is 0.259. The molecule has 2 rings (SSSR count). The molecular formula is C13H14F3NO2. The Morgan fingerprint density at radius 3 is 2.53 bits per heavy atom. The highest BCUT2D eigenvalue weighted by molar-refractivity contribution is 5.89. The first-order valence-corrected chi connectivity index (χ1v) is 6.04. The molecule has 1 aliphatic carbocycles. The summed E-state index contributed by atoms with van der Waals surface area (Å²) >= 11 is 0. The van der Waals surface area contributed by atoms with Gasteiger partial charge in [-0.15, -0.1) is 0 Å². The van der Waals surface area contributed by atoms with Crippen molar-refractivity contribution in [2.75, 3.05) is 5.32 Å². The van der Waals surface area contributed by atoms with E-state index in [0.717, 1.165) is 6.07 Å². The topological polar surface area (TPSA) is 49.3 Å². The Hall–Kier alpha value is -1.72. The second-order valence-corrected chi connectivity index (χ2v) is 4.77. The van der Waals surface area contributed by atoms with Gasteiger partial charge in [-0.05, 0) is 31.0 Å². The number of alkyl halides is 2. The lowest BCUT2D eigenvalue weighted by Crippen LogP contribution is -2.32. The number of carboxylic acid groups (broad SMARTS) is 1. The van der Waals surface area contributed by atoms with Crippen LogP contribution in [0.2, 0.25) is 0 Å². The van der Waals surface area contributed by atoms with Crippen LogP contribution >= 0.6 is 0 Å². The Bertz CT molecular complexity index is 481. The molecule has 0 atom stereocenters. The van der Waals surface area contributed by atoms with Gasteiger partial charge in [0.25, 0.3) is 0 Å². The van der Waals surface area contributed by atoms with E-state index in [0.29, 0.717) is 18.5 Å². The zero-order chi connectivity index (χ0) is 14.0. The van der Waals surface area contributed by atoms with Crippen molar-refractivity contribution in [3.05, 3.63) is 29.6 Å². The first-order chi connectivity index (χ1) is 8.87. The standard InChI is InChI=1S/C13H14F3NO2/c14-11-2-1-9(7-10(11)12(18)19)17-8-3-5-13(15,16)6-4-8/h1-2,7-8,17H,3-6H2,(H,18,19). The molecule has 0 aromatic heterocycles. The summed E-state index contributed by atoms with van der Waals surface area (Å²) in [5.74, 6) is -4.77. The van der Waals surface area contributed by atoms with Gasteiger partial charge in [0.2, 0.25) is 5.92 Å². The average molecular weight is 273 g/mol. The van der Waals surface area contributed by atoms with Crippen LogP contribution in [-0.2, 0) is 0 Å². The number of carbonyl (C=O) groups is 1. The van der Waals surface area contributed by atoms with E-state index in [2.05, 4.69) is 5.32 Å². The average Bonchev–Trinajstić information content (AvgIpc) is 2.34. The Morgan fingerprint density at radius 1 is 1.32 bits per heavy atom. The van der Waals surface area contributed by atoms with Crippen LogP contribution in [0.1, 0.15) is 36.0 Å². The lowest BCUT2D eigenvalue weighted by molar-refractivity contribution is -0.0360. The molecule has 3 nitrogen and oxygen atoms in total. The van der Waals surface area contributed by atoms with Gasteiger partial charge in [0.15, 0.2) is 0 Å². The molecule has 2 N–H and O–H groups in total. The van der Waals surface area contributed by atoms with Crippen LogP contribution in [0.5, 0.6) is 0 Å². The molecule has 1 saturated carbocycles. The summed E-state index contributed by atoms with van der Waals surface area (Å²) in [5, 5.41) is 11.8. The van der Waals surface area contributed by atoms with Crippen LogP contribution in [0.3, 0.4) is 0 Å². The second-order valence-electron chi connectivity index (χ2n) is 4.77. The SMILES string of the molecule is O=C(O)c1cc(NC2CCC(F)(F)CC2)ccc1F. The molecule has 0 heterocycles. The van der Waals surface area contributed by atoms with Crippen LogP contribution in [0.4, 0.5) is 18.9 Å². The Balaban J connectivity index is 2.04. The van der Waals surface area contributed by atoms with Gasteiger partial charge in [-0.25, -0.2) is 18.0 Å². The van der Waals surface area contributed by atoms with Gasteiger partial charge in [-0.2, -0.15) is 0 Å². The maximum absolute atomic E-state index is 13.2. The molecule has 19 heavy (non-hydrogen) atoms. The van der Waals surface area contributed by atoms with E-state index in [1.807, 2.05) is 0 Å². The summed E-state index contributed by atoms with van der Waals surface area (Å²) in [6.45, 7) is 0. The van der Waals surface area contributed by atoms with Crippen molar-refractivity contribution in [3.8, 4) is 0 Å². The van der Waals surface area contributed by atoms with E-state index in [1.54, 1.807) is 0 Å². The van der Waals surface area contributed by atoms with Crippen LogP contribution in [0.15, 0.2) is 18.2 Å². The Labute approximate surface area is 108 Å². The van der Waals surface area contributed by atoms with E-state index >= 15 is 0 Å². The van der Waals surface area contributed by atoms with Crippen LogP contribution in [-0.4, -0.2) is 23.0 Å². The number of carboxylic acids is 1. The molecule has 1 aromatic rings. The molecule has 1 aliphatic rings. The second kappa shape index (κ2) is 5.11. The van der Waals surface area contributed by atoms with Gasteiger partial charge in [0.1, 0.15) is 5.82 Å². The Morgan fingerprint density at radius 2 is 1.95 bits per heavy atom. The smallest absolute Gasteiger partial charge is 0.338 e. The lowest BCUT2D eigenvalue weighted by Gasteiger charge is -2.29. The fourth-order valence-electron chi connectivity index (χ4n) is 2.20. The maximum Gasteiger partial charge on any atom is 0.338 e. The number of benzene rings is 1. The molecule has 0 saturated heterocycles. The third kappa shape index (κ3) is 3.39. The third-order valence-corrected chi connectivity index (χ3v) is 3.28. The fourth-order valence-corrected chi connectivity index (χ4v) is 2.20. The third-order valence-electron chi connectivity index (χ3n) is 3.28. The van der Waals surface area contributed by atoms with Gasteiger partial charge < -0.3 is 10.4 Å². The van der Waals surface area contributed by atoms with Crippen molar-refractivity contribution in [2.24, 2.45) is 0 Å². The van der Waals surface area contributed by atoms with E-state index < -0.39 is 23.3 Å². The van der Waals surface area contributed by atoms with Crippen LogP contribution in [0, 0.1) is 5.82 Å². The van der Waals surface area contributed by atoms with Gasteiger partial charge in [0.05, 0.1) is 5.56 Å². The van der Waals surface area contributed by atoms with Gasteiger partial charge in [-0.1, -0.05) is 0 Å². The van der Waals surface area contributed by atoms with Gasteiger partial charge in [0, 0.05) is 24.6 Å². The summed E-state index contributed by atoms with van der Waals surface area (Å²) in [5.41, 5.74) is 0.0140. The van der Waals surface area contributed by atoms with E-state index in [1.165, 1.54) is 12.1 Å². The summed E-state index contributed by atoms with van der Waals surface area (Å²) in [4.78, 5) is 10.8. The molecule has 0 amide bonds. The molecule has 0 radical (unpaired) electrons. The number of halogens is 3. The molecule has 6 heteroatoms. The minimum Gasteiger partial charge on any atom is -0.478 e.